The van der Waals surface area contributed by atoms with Crippen molar-refractivity contribution in [3.63, 3.8) is 0 Å². The highest BCUT2D eigenvalue weighted by molar-refractivity contribution is 8.13. The Balaban J connectivity index is 0.000000334. The van der Waals surface area contributed by atoms with Crippen LogP contribution in [0.4, 0.5) is 36.4 Å². The van der Waals surface area contributed by atoms with Gasteiger partial charge in [-0.25, -0.2) is 31.5 Å². The zero-order chi connectivity index (χ0) is 37.0. The van der Waals surface area contributed by atoms with Crippen molar-refractivity contribution in [2.24, 2.45) is 5.92 Å². The van der Waals surface area contributed by atoms with E-state index in [-0.39, 0.29) is 49.7 Å². The lowest BCUT2D eigenvalue weighted by Gasteiger charge is -2.21. The molecule has 1 N–H and O–H groups in total. The second kappa shape index (κ2) is 16.3. The fraction of sp³-hybridized carbons (Fsp3) is 0.423. The molecule has 2 aromatic heterocycles. The molecule has 2 heterocycles. The Morgan fingerprint density at radius 1 is 1.00 bits per heavy atom. The van der Waals surface area contributed by atoms with Crippen LogP contribution >= 0.6 is 46.7 Å². The Labute approximate surface area is 287 Å². The molecule has 0 atom stereocenters. The number of nitrogens with zero attached hydrogens (tertiary/aromatic N) is 4. The molecule has 0 spiro atoms. The molecule has 3 aromatic rings. The third kappa shape index (κ3) is 9.88. The van der Waals surface area contributed by atoms with Crippen LogP contribution in [-0.4, -0.2) is 56.7 Å². The molecule has 0 saturated heterocycles. The Hall–Kier alpha value is -2.81. The van der Waals surface area contributed by atoms with Crippen LogP contribution in [0, 0.1) is 12.8 Å². The molecule has 10 nitrogen and oxygen atoms in total. The Morgan fingerprint density at radius 2 is 1.54 bits per heavy atom. The predicted octanol–water partition coefficient (Wildman–Crippen LogP) is 7.66. The van der Waals surface area contributed by atoms with Crippen LogP contribution < -0.4 is 10.4 Å². The number of hydrogen-bond acceptors (Lipinski definition) is 9. The van der Waals surface area contributed by atoms with Crippen LogP contribution in [-0.2, 0) is 22.6 Å². The van der Waals surface area contributed by atoms with Crippen molar-refractivity contribution < 1.29 is 48.7 Å². The van der Waals surface area contributed by atoms with Gasteiger partial charge in [0.25, 0.3) is 6.43 Å². The molecule has 1 aromatic carbocycles. The first-order valence-corrected chi connectivity index (χ1v) is 18.1. The molecular formula is C26H26Cl2F7N5O5S3. The van der Waals surface area contributed by atoms with Gasteiger partial charge in [0.1, 0.15) is 11.5 Å². The molecule has 266 valence electrons. The number of pyridine rings is 1. The average molecular weight is 789 g/mol. The van der Waals surface area contributed by atoms with E-state index in [0.717, 1.165) is 12.3 Å². The lowest BCUT2D eigenvalue weighted by molar-refractivity contribution is -0.141. The standard InChI is InChI=1S/C15H16F5NO2S2.C11H10Cl2F2N4O3S/c1-6(2)5-7-8(13(22)24-3)10(12(16)17)21-11(15(18,19)20)9(7)14(23)25-4;1-5-16-19(11(20)18(5)10(14)15)9-4-8(17-23(2,21)22)6(12)3-7(9)13/h6,12H,5H2,1-4H3;3-4,10,17H,1-2H3. The van der Waals surface area contributed by atoms with Gasteiger partial charge in [0, 0.05) is 0 Å². The van der Waals surface area contributed by atoms with Crippen LogP contribution in [0.5, 0.6) is 0 Å². The summed E-state index contributed by atoms with van der Waals surface area (Å²) in [6.07, 6.45) is -5.11. The van der Waals surface area contributed by atoms with Crippen molar-refractivity contribution in [2.75, 3.05) is 23.5 Å². The molecular weight excluding hydrogens is 762 g/mol. The summed E-state index contributed by atoms with van der Waals surface area (Å²) in [6, 6.07) is 2.31. The smallest absolute Gasteiger partial charge is 0.282 e. The lowest BCUT2D eigenvalue weighted by Crippen LogP contribution is -2.25. The Bertz CT molecular complexity index is 1870. The molecule has 0 fully saturated rings. The average Bonchev–Trinajstić information content (AvgIpc) is 3.25. The minimum atomic E-state index is -5.10. The molecule has 0 radical (unpaired) electrons. The number of anilines is 1. The molecule has 0 aliphatic rings. The molecule has 0 aliphatic carbocycles. The van der Waals surface area contributed by atoms with E-state index in [1.165, 1.54) is 25.5 Å². The van der Waals surface area contributed by atoms with Crippen molar-refractivity contribution in [1.82, 2.24) is 19.3 Å². The Kier molecular flexibility index (Phi) is 14.0. The zero-order valence-electron chi connectivity index (χ0n) is 25.6. The topological polar surface area (TPSA) is 133 Å². The first-order chi connectivity index (χ1) is 22.0. The molecule has 3 rings (SSSR count). The SMILES string of the molecule is CSC(=O)c1c(C(F)F)nc(C(F)(F)F)c(C(=O)SC)c1CC(C)C.Cc1nn(-c2cc(NS(C)(=O)=O)c(Cl)cc2Cl)c(=O)n1C(F)F. The summed E-state index contributed by atoms with van der Waals surface area (Å²) in [5.74, 6) is -0.496. The van der Waals surface area contributed by atoms with E-state index < -0.39 is 67.6 Å². The first-order valence-electron chi connectivity index (χ1n) is 13.0. The molecule has 0 bridgehead atoms. The maximum absolute atomic E-state index is 13.4. The summed E-state index contributed by atoms with van der Waals surface area (Å²) in [7, 11) is -3.65. The maximum Gasteiger partial charge on any atom is 0.434 e. The van der Waals surface area contributed by atoms with Crippen molar-refractivity contribution in [2.45, 2.75) is 46.3 Å². The number of hydrogen-bond donors (Lipinski definition) is 1. The summed E-state index contributed by atoms with van der Waals surface area (Å²) >= 11 is 12.9. The van der Waals surface area contributed by atoms with Gasteiger partial charge in [0.2, 0.25) is 20.3 Å². The summed E-state index contributed by atoms with van der Waals surface area (Å²) in [5.41, 5.74) is -5.90. The van der Waals surface area contributed by atoms with Crippen molar-refractivity contribution in [3.05, 3.63) is 66.6 Å². The number of halogens is 9. The molecule has 0 aliphatic heterocycles. The van der Waals surface area contributed by atoms with Gasteiger partial charge in [0.15, 0.2) is 5.69 Å². The fourth-order valence-corrected chi connectivity index (χ4v) is 6.11. The van der Waals surface area contributed by atoms with Crippen LogP contribution in [0.3, 0.4) is 0 Å². The van der Waals surface area contributed by atoms with Gasteiger partial charge in [-0.1, -0.05) is 60.6 Å². The highest BCUT2D eigenvalue weighted by atomic mass is 35.5. The van der Waals surface area contributed by atoms with Gasteiger partial charge in [-0.05, 0) is 49.5 Å². The number of rotatable bonds is 9. The number of aromatic nitrogens is 4. The second-order valence-electron chi connectivity index (χ2n) is 10.0. The lowest BCUT2D eigenvalue weighted by atomic mass is 9.92. The van der Waals surface area contributed by atoms with Crippen LogP contribution in [0.1, 0.15) is 70.3 Å². The number of aryl methyl sites for hydroxylation is 1. The predicted molar refractivity (Wildman–Crippen MR) is 171 cm³/mol. The molecule has 22 heteroatoms. The van der Waals surface area contributed by atoms with Crippen LogP contribution in [0.25, 0.3) is 5.69 Å². The normalized spacial score (nSPS) is 12.0. The molecule has 0 saturated carbocycles. The maximum atomic E-state index is 13.4. The number of benzene rings is 1. The molecule has 0 unspecified atom stereocenters. The quantitative estimate of drug-likeness (QED) is 0.217. The minimum absolute atomic E-state index is 0.0257. The fourth-order valence-electron chi connectivity index (χ4n) is 4.12. The van der Waals surface area contributed by atoms with Crippen LogP contribution in [0.15, 0.2) is 16.9 Å². The van der Waals surface area contributed by atoms with Crippen molar-refractivity contribution in [3.8, 4) is 5.69 Å². The monoisotopic (exact) mass is 787 g/mol. The summed E-state index contributed by atoms with van der Waals surface area (Å²) < 4.78 is 118. The second-order valence-corrected chi connectivity index (χ2v) is 14.1. The Morgan fingerprint density at radius 3 is 1.96 bits per heavy atom. The zero-order valence-corrected chi connectivity index (χ0v) is 29.5. The van der Waals surface area contributed by atoms with E-state index in [0.29, 0.717) is 28.2 Å². The van der Waals surface area contributed by atoms with Crippen LogP contribution in [0.2, 0.25) is 10.0 Å². The van der Waals surface area contributed by atoms with Crippen molar-refractivity contribution >= 4 is 72.7 Å². The summed E-state index contributed by atoms with van der Waals surface area (Å²) in [4.78, 5) is 39.3. The van der Waals surface area contributed by atoms with E-state index in [1.54, 1.807) is 13.8 Å². The third-order valence-electron chi connectivity index (χ3n) is 5.93. The van der Waals surface area contributed by atoms with Gasteiger partial charge in [-0.3, -0.25) is 14.3 Å². The summed E-state index contributed by atoms with van der Waals surface area (Å²) in [5, 5.41) is 1.81. The van der Waals surface area contributed by atoms with Gasteiger partial charge in [0.05, 0.1) is 38.8 Å². The van der Waals surface area contributed by atoms with Crippen molar-refractivity contribution in [1.29, 1.82) is 0 Å². The highest BCUT2D eigenvalue weighted by Gasteiger charge is 2.42. The first kappa shape index (κ1) is 41.4. The summed E-state index contributed by atoms with van der Waals surface area (Å²) in [6.45, 7) is 1.45. The third-order valence-corrected chi connectivity index (χ3v) is 8.29. The van der Waals surface area contributed by atoms with Gasteiger partial charge >= 0.3 is 18.4 Å². The molecule has 0 amide bonds. The van der Waals surface area contributed by atoms with E-state index in [2.05, 4.69) is 14.8 Å². The van der Waals surface area contributed by atoms with E-state index in [1.807, 2.05) is 0 Å². The van der Waals surface area contributed by atoms with Gasteiger partial charge < -0.3 is 0 Å². The van der Waals surface area contributed by atoms with E-state index >= 15 is 0 Å². The number of alkyl halides is 7. The number of nitrogens with one attached hydrogen (secondary N) is 1. The van der Waals surface area contributed by atoms with Gasteiger partial charge in [-0.15, -0.1) is 5.10 Å². The number of thioether (sulfide) groups is 2. The highest BCUT2D eigenvalue weighted by Crippen LogP contribution is 2.39. The minimum Gasteiger partial charge on any atom is -0.282 e. The molecule has 48 heavy (non-hydrogen) atoms. The number of carbonyl (C=O) groups is 2. The largest absolute Gasteiger partial charge is 0.434 e. The van der Waals surface area contributed by atoms with E-state index in [4.69, 9.17) is 23.2 Å². The van der Waals surface area contributed by atoms with Gasteiger partial charge in [-0.2, -0.15) is 26.6 Å². The van der Waals surface area contributed by atoms with E-state index in [9.17, 15) is 53.5 Å². The number of sulfonamides is 1. The number of carbonyl (C=O) groups excluding carboxylic acids is 2.